The lowest BCUT2D eigenvalue weighted by Gasteiger charge is -2.23. The second kappa shape index (κ2) is 7.47. The number of aryl methyl sites for hydroxylation is 3. The largest absolute Gasteiger partial charge is 0.326 e. The molecule has 0 unspecified atom stereocenters. The van der Waals surface area contributed by atoms with Crippen molar-refractivity contribution in [3.63, 3.8) is 0 Å². The highest BCUT2D eigenvalue weighted by atomic mass is 16.1. The van der Waals surface area contributed by atoms with Crippen molar-refractivity contribution in [3.8, 4) is 11.1 Å². The molecule has 4 nitrogen and oxygen atoms in total. The van der Waals surface area contributed by atoms with E-state index in [0.29, 0.717) is 6.42 Å². The predicted molar refractivity (Wildman–Crippen MR) is 115 cm³/mol. The van der Waals surface area contributed by atoms with Crippen LogP contribution in [0, 0.1) is 6.92 Å². The monoisotopic (exact) mass is 374 g/mol. The summed E-state index contributed by atoms with van der Waals surface area (Å²) in [6.45, 7) is 1.86. The summed E-state index contributed by atoms with van der Waals surface area (Å²) in [6, 6.07) is 16.5. The number of rotatable bonds is 4. The van der Waals surface area contributed by atoms with E-state index in [1.54, 1.807) is 11.6 Å². The quantitative estimate of drug-likeness (QED) is 0.741. The Morgan fingerprint density at radius 1 is 1.04 bits per heavy atom. The molecule has 1 aromatic heterocycles. The number of carbonyl (C=O) groups excluding carboxylic acids is 1. The fourth-order valence-corrected chi connectivity index (χ4v) is 4.04. The molecule has 1 N–H and O–H groups in total. The van der Waals surface area contributed by atoms with Crippen molar-refractivity contribution in [3.05, 3.63) is 87.3 Å². The maximum absolute atomic E-state index is 12.1. The lowest BCUT2D eigenvalue weighted by atomic mass is 9.87. The van der Waals surface area contributed by atoms with E-state index < -0.39 is 0 Å². The van der Waals surface area contributed by atoms with Gasteiger partial charge in [-0.3, -0.25) is 9.59 Å². The highest BCUT2D eigenvalue weighted by molar-refractivity contribution is 5.95. The molecule has 28 heavy (non-hydrogen) atoms. The Hall–Kier alpha value is -3.14. The highest BCUT2D eigenvalue weighted by Crippen LogP contribution is 2.35. The number of hydrogen-bond acceptors (Lipinski definition) is 2. The first-order valence-corrected chi connectivity index (χ1v) is 9.69. The molecule has 1 aliphatic heterocycles. The summed E-state index contributed by atoms with van der Waals surface area (Å²) < 4.78 is 1.65. The maximum Gasteiger partial charge on any atom is 0.253 e. The zero-order chi connectivity index (χ0) is 19.7. The van der Waals surface area contributed by atoms with Gasteiger partial charge in [0.05, 0.1) is 0 Å². The van der Waals surface area contributed by atoms with Crippen LogP contribution in [0.25, 0.3) is 11.1 Å². The summed E-state index contributed by atoms with van der Waals surface area (Å²) in [5.74, 6) is 0.0761. The molecular weight excluding hydrogens is 348 g/mol. The first-order chi connectivity index (χ1) is 13.5. The van der Waals surface area contributed by atoms with E-state index >= 15 is 0 Å². The minimum atomic E-state index is 0. The molecule has 144 valence electrons. The van der Waals surface area contributed by atoms with Crippen LogP contribution in [-0.4, -0.2) is 10.5 Å². The van der Waals surface area contributed by atoms with Crippen molar-refractivity contribution >= 4 is 11.6 Å². The fraction of sp³-hybridized carbons (Fsp3) is 0.250. The number of anilines is 1. The number of hydrogen-bond donors (Lipinski definition) is 1. The SMILES string of the molecule is Cc1cc(-c2ccc3c(c2CCc2ccccc2)CCC(=O)N3)cn(C)c1=O.[HH]. The van der Waals surface area contributed by atoms with Gasteiger partial charge in [-0.25, -0.2) is 0 Å². The molecular formula is C24H26N2O2. The van der Waals surface area contributed by atoms with Gasteiger partial charge in [0.25, 0.3) is 5.56 Å². The number of benzene rings is 2. The van der Waals surface area contributed by atoms with Crippen LogP contribution in [0.4, 0.5) is 5.69 Å². The Balaban J connectivity index is 0.00000240. The van der Waals surface area contributed by atoms with Crippen molar-refractivity contribution < 1.29 is 6.22 Å². The van der Waals surface area contributed by atoms with Crippen LogP contribution < -0.4 is 10.9 Å². The molecule has 2 heterocycles. The first kappa shape index (κ1) is 18.2. The van der Waals surface area contributed by atoms with Crippen molar-refractivity contribution in [2.24, 2.45) is 7.05 Å². The van der Waals surface area contributed by atoms with Crippen LogP contribution in [0.5, 0.6) is 0 Å². The Morgan fingerprint density at radius 3 is 2.57 bits per heavy atom. The van der Waals surface area contributed by atoms with E-state index in [0.717, 1.165) is 41.6 Å². The smallest absolute Gasteiger partial charge is 0.253 e. The van der Waals surface area contributed by atoms with Crippen molar-refractivity contribution in [2.75, 3.05) is 5.32 Å². The summed E-state index contributed by atoms with van der Waals surface area (Å²) in [5.41, 5.74) is 7.65. The van der Waals surface area contributed by atoms with Gasteiger partial charge in [0.15, 0.2) is 0 Å². The number of amides is 1. The average Bonchev–Trinajstić information content (AvgIpc) is 2.70. The fourth-order valence-electron chi connectivity index (χ4n) is 4.04. The lowest BCUT2D eigenvalue weighted by Crippen LogP contribution is -2.21. The van der Waals surface area contributed by atoms with Gasteiger partial charge in [0.2, 0.25) is 5.91 Å². The molecule has 0 aliphatic carbocycles. The van der Waals surface area contributed by atoms with Gasteiger partial charge in [-0.15, -0.1) is 0 Å². The molecule has 1 amide bonds. The zero-order valence-electron chi connectivity index (χ0n) is 16.3. The van der Waals surface area contributed by atoms with Gasteiger partial charge < -0.3 is 9.88 Å². The molecule has 0 bridgehead atoms. The average molecular weight is 374 g/mol. The number of pyridine rings is 1. The van der Waals surface area contributed by atoms with Crippen molar-refractivity contribution in [2.45, 2.75) is 32.6 Å². The number of fused-ring (bicyclic) bond motifs is 1. The van der Waals surface area contributed by atoms with Crippen LogP contribution in [0.2, 0.25) is 0 Å². The Morgan fingerprint density at radius 2 is 1.82 bits per heavy atom. The highest BCUT2D eigenvalue weighted by Gasteiger charge is 2.21. The van der Waals surface area contributed by atoms with Gasteiger partial charge in [0, 0.05) is 32.3 Å². The van der Waals surface area contributed by atoms with E-state index in [1.165, 1.54) is 16.7 Å². The second-order valence-electron chi connectivity index (χ2n) is 7.48. The minimum absolute atomic E-state index is 0. The molecule has 0 spiro atoms. The number of carbonyl (C=O) groups is 1. The summed E-state index contributed by atoms with van der Waals surface area (Å²) in [5, 5.41) is 3.01. The third-order valence-corrected chi connectivity index (χ3v) is 5.49. The molecule has 3 aromatic rings. The third-order valence-electron chi connectivity index (χ3n) is 5.49. The van der Waals surface area contributed by atoms with Crippen LogP contribution >= 0.6 is 0 Å². The van der Waals surface area contributed by atoms with Gasteiger partial charge in [-0.05, 0) is 66.1 Å². The molecule has 0 radical (unpaired) electrons. The molecule has 0 atom stereocenters. The van der Waals surface area contributed by atoms with Gasteiger partial charge >= 0.3 is 0 Å². The molecule has 1 aliphatic rings. The van der Waals surface area contributed by atoms with Crippen LogP contribution in [0.1, 0.15) is 30.1 Å². The van der Waals surface area contributed by atoms with E-state index in [1.807, 2.05) is 31.3 Å². The number of aromatic nitrogens is 1. The normalized spacial score (nSPS) is 13.1. The number of nitrogens with one attached hydrogen (secondary N) is 1. The topological polar surface area (TPSA) is 51.1 Å². The molecule has 4 rings (SSSR count). The third kappa shape index (κ3) is 3.50. The van der Waals surface area contributed by atoms with E-state index in [-0.39, 0.29) is 12.9 Å². The second-order valence-corrected chi connectivity index (χ2v) is 7.48. The van der Waals surface area contributed by atoms with E-state index in [4.69, 9.17) is 0 Å². The van der Waals surface area contributed by atoms with Crippen molar-refractivity contribution in [1.29, 1.82) is 0 Å². The summed E-state index contributed by atoms with van der Waals surface area (Å²) in [6.07, 6.45) is 5.00. The Bertz CT molecular complexity index is 1080. The first-order valence-electron chi connectivity index (χ1n) is 9.69. The summed E-state index contributed by atoms with van der Waals surface area (Å²) >= 11 is 0. The van der Waals surface area contributed by atoms with Crippen LogP contribution in [0.15, 0.2) is 59.5 Å². The van der Waals surface area contributed by atoms with Gasteiger partial charge in [0.1, 0.15) is 0 Å². The summed E-state index contributed by atoms with van der Waals surface area (Å²) in [7, 11) is 1.79. The molecule has 0 fully saturated rings. The summed E-state index contributed by atoms with van der Waals surface area (Å²) in [4.78, 5) is 24.0. The van der Waals surface area contributed by atoms with Gasteiger partial charge in [-0.2, -0.15) is 0 Å². The lowest BCUT2D eigenvalue weighted by molar-refractivity contribution is -0.116. The van der Waals surface area contributed by atoms with Crippen molar-refractivity contribution in [1.82, 2.24) is 4.57 Å². The van der Waals surface area contributed by atoms with E-state index in [2.05, 4.69) is 35.6 Å². The Labute approximate surface area is 166 Å². The molecule has 2 aromatic carbocycles. The van der Waals surface area contributed by atoms with E-state index in [9.17, 15) is 9.59 Å². The predicted octanol–water partition coefficient (Wildman–Crippen LogP) is 4.28. The maximum atomic E-state index is 12.1. The Kier molecular flexibility index (Phi) is 4.86. The molecule has 0 saturated carbocycles. The zero-order valence-corrected chi connectivity index (χ0v) is 16.3. The molecule has 0 saturated heterocycles. The molecule has 4 heteroatoms. The van der Waals surface area contributed by atoms with Gasteiger partial charge in [-0.1, -0.05) is 36.4 Å². The number of nitrogens with zero attached hydrogens (tertiary/aromatic N) is 1. The standard InChI is InChI=1S/C24H24N2O2.H2/c1-16-14-18(15-26(2)24(16)28)19-10-12-22-21(11-13-23(27)25-22)20(19)9-8-17-6-4-3-5-7-17;/h3-7,10,12,14-15H,8-9,11,13H2,1-2H3,(H,25,27);1H. The van der Waals surface area contributed by atoms with Crippen LogP contribution in [-0.2, 0) is 31.1 Å². The van der Waals surface area contributed by atoms with Crippen LogP contribution in [0.3, 0.4) is 0 Å². The minimum Gasteiger partial charge on any atom is -0.326 e.